The van der Waals surface area contributed by atoms with E-state index in [1.165, 1.54) is 12.3 Å². The van der Waals surface area contributed by atoms with Gasteiger partial charge in [0, 0.05) is 11.8 Å². The number of halogens is 1. The Morgan fingerprint density at radius 1 is 1.30 bits per heavy atom. The van der Waals surface area contributed by atoms with Crippen LogP contribution < -0.4 is 4.74 Å². The van der Waals surface area contributed by atoms with Crippen LogP contribution in [0.3, 0.4) is 0 Å². The number of fused-ring (bicyclic) bond motifs is 1. The first kappa shape index (κ1) is 14.0. The summed E-state index contributed by atoms with van der Waals surface area (Å²) in [5.74, 6) is 0.104. The zero-order chi connectivity index (χ0) is 16.0. The Balaban J connectivity index is 1.68. The molecule has 3 aromatic heterocycles. The maximum atomic E-state index is 14.3. The average molecular weight is 315 g/mol. The smallest absolute Gasteiger partial charge is 0.251 e. The number of aromatic nitrogens is 5. The number of nitrogens with zero attached hydrogens (tertiary/aromatic N) is 5. The van der Waals surface area contributed by atoms with Crippen molar-refractivity contribution in [1.29, 1.82) is 0 Å². The molecular weight excluding hydrogens is 301 g/mol. The minimum absolute atomic E-state index is 0.0268. The van der Waals surface area contributed by atoms with Gasteiger partial charge in [0.05, 0.1) is 18.9 Å². The van der Waals surface area contributed by atoms with E-state index in [2.05, 4.69) is 20.3 Å². The van der Waals surface area contributed by atoms with Crippen molar-refractivity contribution < 1.29 is 13.9 Å². The zero-order valence-electron chi connectivity index (χ0n) is 12.7. The molecule has 1 fully saturated rings. The van der Waals surface area contributed by atoms with Gasteiger partial charge in [-0.25, -0.2) is 9.37 Å². The summed E-state index contributed by atoms with van der Waals surface area (Å²) in [7, 11) is 0. The van der Waals surface area contributed by atoms with E-state index in [0.717, 1.165) is 0 Å². The Morgan fingerprint density at radius 2 is 2.13 bits per heavy atom. The third-order valence-electron chi connectivity index (χ3n) is 3.68. The molecule has 0 N–H and O–H groups in total. The number of hydrogen-bond donors (Lipinski definition) is 0. The highest BCUT2D eigenvalue weighted by Gasteiger charge is 2.37. The van der Waals surface area contributed by atoms with E-state index >= 15 is 0 Å². The molecule has 0 amide bonds. The number of hydrogen-bond acceptors (Lipinski definition) is 6. The average Bonchev–Trinajstić information content (AvgIpc) is 2.88. The molecule has 4 rings (SSSR count). The second-order valence-corrected chi connectivity index (χ2v) is 5.79. The summed E-state index contributed by atoms with van der Waals surface area (Å²) in [4.78, 5) is 4.08. The van der Waals surface area contributed by atoms with Gasteiger partial charge in [0.2, 0.25) is 0 Å². The normalized spacial score (nSPS) is 16.3. The van der Waals surface area contributed by atoms with Crippen molar-refractivity contribution in [2.24, 2.45) is 0 Å². The lowest BCUT2D eigenvalue weighted by Crippen LogP contribution is -2.51. The molecule has 0 atom stereocenters. The van der Waals surface area contributed by atoms with Gasteiger partial charge in [-0.3, -0.25) is 0 Å². The van der Waals surface area contributed by atoms with Gasteiger partial charge in [0.25, 0.3) is 5.88 Å². The quantitative estimate of drug-likeness (QED) is 0.734. The molecule has 0 aromatic carbocycles. The lowest BCUT2D eigenvalue weighted by atomic mass is 10.1. The third-order valence-corrected chi connectivity index (χ3v) is 3.68. The predicted molar refractivity (Wildman–Crippen MR) is 78.6 cm³/mol. The van der Waals surface area contributed by atoms with Crippen molar-refractivity contribution in [2.45, 2.75) is 19.4 Å². The fourth-order valence-corrected chi connectivity index (χ4v) is 2.37. The number of rotatable bonds is 3. The minimum atomic E-state index is -0.530. The SMILES string of the molecule is Cc1nnc2ccc(-c3cnc(OC4(C)COC4)c(F)c3)nn12. The van der Waals surface area contributed by atoms with Crippen LogP contribution in [0.2, 0.25) is 0 Å². The van der Waals surface area contributed by atoms with Crippen LogP contribution in [0.25, 0.3) is 16.9 Å². The molecule has 0 bridgehead atoms. The van der Waals surface area contributed by atoms with Crippen molar-refractivity contribution in [2.75, 3.05) is 13.2 Å². The summed E-state index contributed by atoms with van der Waals surface area (Å²) in [6, 6.07) is 4.89. The molecular formula is C15H14FN5O2. The molecule has 0 spiro atoms. The molecule has 1 aliphatic rings. The van der Waals surface area contributed by atoms with Crippen molar-refractivity contribution in [1.82, 2.24) is 24.8 Å². The van der Waals surface area contributed by atoms with Gasteiger partial charge in [-0.15, -0.1) is 10.2 Å². The molecule has 118 valence electrons. The summed E-state index contributed by atoms with van der Waals surface area (Å²) >= 11 is 0. The molecule has 8 heteroatoms. The Hall–Kier alpha value is -2.61. The van der Waals surface area contributed by atoms with E-state index < -0.39 is 11.4 Å². The van der Waals surface area contributed by atoms with Gasteiger partial charge >= 0.3 is 0 Å². The van der Waals surface area contributed by atoms with Crippen LogP contribution in [0.5, 0.6) is 5.88 Å². The number of ether oxygens (including phenoxy) is 2. The fraction of sp³-hybridized carbons (Fsp3) is 0.333. The molecule has 0 unspecified atom stereocenters. The maximum absolute atomic E-state index is 14.3. The van der Waals surface area contributed by atoms with Gasteiger partial charge in [-0.05, 0) is 32.0 Å². The first-order valence-corrected chi connectivity index (χ1v) is 7.16. The van der Waals surface area contributed by atoms with Crippen molar-refractivity contribution in [3.63, 3.8) is 0 Å². The molecule has 23 heavy (non-hydrogen) atoms. The summed E-state index contributed by atoms with van der Waals surface area (Å²) < 4.78 is 26.5. The highest BCUT2D eigenvalue weighted by atomic mass is 19.1. The van der Waals surface area contributed by atoms with Crippen molar-refractivity contribution in [3.05, 3.63) is 36.0 Å². The van der Waals surface area contributed by atoms with Crippen LogP contribution in [-0.2, 0) is 4.74 Å². The summed E-state index contributed by atoms with van der Waals surface area (Å²) in [5, 5.41) is 12.3. The topological polar surface area (TPSA) is 74.4 Å². The van der Waals surface area contributed by atoms with Crippen LogP contribution in [0.4, 0.5) is 4.39 Å². The molecule has 3 aromatic rings. The number of aryl methyl sites for hydroxylation is 1. The minimum Gasteiger partial charge on any atom is -0.464 e. The largest absolute Gasteiger partial charge is 0.464 e. The molecule has 0 radical (unpaired) electrons. The Bertz CT molecular complexity index is 891. The zero-order valence-corrected chi connectivity index (χ0v) is 12.7. The van der Waals surface area contributed by atoms with Gasteiger partial charge in [-0.1, -0.05) is 0 Å². The van der Waals surface area contributed by atoms with Gasteiger partial charge in [0.15, 0.2) is 22.9 Å². The van der Waals surface area contributed by atoms with E-state index in [-0.39, 0.29) is 5.88 Å². The summed E-state index contributed by atoms with van der Waals surface area (Å²) in [5.41, 5.74) is 1.26. The van der Waals surface area contributed by atoms with Crippen LogP contribution in [0.1, 0.15) is 12.7 Å². The van der Waals surface area contributed by atoms with Crippen LogP contribution in [0, 0.1) is 12.7 Å². The lowest BCUT2D eigenvalue weighted by Gasteiger charge is -2.37. The Labute approximate surface area is 131 Å². The van der Waals surface area contributed by atoms with E-state index in [1.807, 2.05) is 6.92 Å². The van der Waals surface area contributed by atoms with Crippen LogP contribution in [-0.4, -0.2) is 43.6 Å². The molecule has 1 aliphatic heterocycles. The highest BCUT2D eigenvalue weighted by Crippen LogP contribution is 2.27. The van der Waals surface area contributed by atoms with E-state index in [9.17, 15) is 4.39 Å². The van der Waals surface area contributed by atoms with Gasteiger partial charge < -0.3 is 9.47 Å². The molecule has 0 saturated carbocycles. The van der Waals surface area contributed by atoms with Gasteiger partial charge in [0.1, 0.15) is 0 Å². The van der Waals surface area contributed by atoms with Crippen LogP contribution >= 0.6 is 0 Å². The van der Waals surface area contributed by atoms with Crippen LogP contribution in [0.15, 0.2) is 24.4 Å². The third kappa shape index (κ3) is 2.40. The van der Waals surface area contributed by atoms with E-state index in [1.54, 1.807) is 23.6 Å². The van der Waals surface area contributed by atoms with E-state index in [4.69, 9.17) is 9.47 Å². The summed E-state index contributed by atoms with van der Waals surface area (Å²) in [6.45, 7) is 4.52. The monoisotopic (exact) mass is 315 g/mol. The summed E-state index contributed by atoms with van der Waals surface area (Å²) in [6.07, 6.45) is 1.54. The highest BCUT2D eigenvalue weighted by molar-refractivity contribution is 5.59. The van der Waals surface area contributed by atoms with Crippen molar-refractivity contribution >= 4 is 5.65 Å². The second-order valence-electron chi connectivity index (χ2n) is 5.79. The Morgan fingerprint density at radius 3 is 2.83 bits per heavy atom. The molecule has 4 heterocycles. The maximum Gasteiger partial charge on any atom is 0.251 e. The Kier molecular flexibility index (Phi) is 3.02. The fourth-order valence-electron chi connectivity index (χ4n) is 2.37. The van der Waals surface area contributed by atoms with E-state index in [0.29, 0.717) is 35.9 Å². The molecule has 1 saturated heterocycles. The first-order chi connectivity index (χ1) is 11.0. The predicted octanol–water partition coefficient (Wildman–Crippen LogP) is 1.80. The van der Waals surface area contributed by atoms with Gasteiger partial charge in [-0.2, -0.15) is 9.61 Å². The van der Waals surface area contributed by atoms with Crippen molar-refractivity contribution in [3.8, 4) is 17.1 Å². The standard InChI is InChI=1S/C15H14FN5O2/c1-9-18-19-13-4-3-12(20-21(9)13)10-5-11(16)14(17-6-10)23-15(2)7-22-8-15/h3-6H,7-8H2,1-2H3. The number of pyridine rings is 1. The molecule has 0 aliphatic carbocycles. The molecule has 7 nitrogen and oxygen atoms in total. The first-order valence-electron chi connectivity index (χ1n) is 7.16. The second kappa shape index (κ2) is 4.95. The lowest BCUT2D eigenvalue weighted by molar-refractivity contribution is -0.152.